The third-order valence-corrected chi connectivity index (χ3v) is 3.96. The van der Waals surface area contributed by atoms with Gasteiger partial charge in [0.1, 0.15) is 0 Å². The van der Waals surface area contributed by atoms with E-state index in [1.54, 1.807) is 30.3 Å². The molecule has 0 aromatic heterocycles. The van der Waals surface area contributed by atoms with Gasteiger partial charge >= 0.3 is 0 Å². The summed E-state index contributed by atoms with van der Waals surface area (Å²) in [5, 5.41) is 10.7. The molecule has 0 atom stereocenters. The van der Waals surface area contributed by atoms with Crippen LogP contribution in [0, 0.1) is 10.1 Å². The van der Waals surface area contributed by atoms with E-state index in [1.165, 1.54) is 18.2 Å². The number of hydrogen-bond acceptors (Lipinski definition) is 5. The van der Waals surface area contributed by atoms with E-state index in [4.69, 9.17) is 0 Å². The summed E-state index contributed by atoms with van der Waals surface area (Å²) in [7, 11) is 0. The molecule has 2 amide bonds. The monoisotopic (exact) mass is 300 g/mol. The number of hydrogen-bond donors (Lipinski definition) is 0. The number of nitrogens with zero attached hydrogens (tertiary/aromatic N) is 2. The summed E-state index contributed by atoms with van der Waals surface area (Å²) in [6.07, 6.45) is 0. The van der Waals surface area contributed by atoms with Crippen molar-refractivity contribution in [2.75, 3.05) is 0 Å². The molecular weight excluding hydrogens is 292 g/mol. The molecule has 3 rings (SSSR count). The highest BCUT2D eigenvalue weighted by molar-refractivity contribution is 7.98. The number of benzene rings is 2. The summed E-state index contributed by atoms with van der Waals surface area (Å²) >= 11 is 0.885. The second-order valence-corrected chi connectivity index (χ2v) is 5.32. The molecule has 0 unspecified atom stereocenters. The first-order valence-electron chi connectivity index (χ1n) is 5.98. The quantitative estimate of drug-likeness (QED) is 0.377. The van der Waals surface area contributed by atoms with Crippen LogP contribution >= 0.6 is 11.9 Å². The van der Waals surface area contributed by atoms with Crippen molar-refractivity contribution in [2.45, 2.75) is 4.90 Å². The van der Waals surface area contributed by atoms with Gasteiger partial charge in [0.2, 0.25) is 0 Å². The van der Waals surface area contributed by atoms with Crippen LogP contribution in [0.1, 0.15) is 20.7 Å². The third kappa shape index (κ3) is 2.27. The Kier molecular flexibility index (Phi) is 3.19. The van der Waals surface area contributed by atoms with E-state index in [9.17, 15) is 19.7 Å². The van der Waals surface area contributed by atoms with E-state index in [0.717, 1.165) is 16.3 Å². The first-order valence-corrected chi connectivity index (χ1v) is 6.75. The van der Waals surface area contributed by atoms with Crippen molar-refractivity contribution in [1.82, 2.24) is 4.31 Å². The predicted octanol–water partition coefficient (Wildman–Crippen LogP) is 2.90. The van der Waals surface area contributed by atoms with Gasteiger partial charge in [-0.25, -0.2) is 4.31 Å². The number of non-ortho nitro benzene ring substituents is 1. The molecule has 0 saturated heterocycles. The predicted molar refractivity (Wildman–Crippen MR) is 75.9 cm³/mol. The Bertz CT molecular complexity index is 740. The number of fused-ring (bicyclic) bond motifs is 1. The lowest BCUT2D eigenvalue weighted by atomic mass is 10.1. The number of carbonyl (C=O) groups is 2. The molecule has 0 N–H and O–H groups in total. The van der Waals surface area contributed by atoms with Gasteiger partial charge in [-0.15, -0.1) is 0 Å². The minimum absolute atomic E-state index is 0.0865. The Morgan fingerprint density at radius 1 is 0.952 bits per heavy atom. The molecule has 2 aromatic rings. The van der Waals surface area contributed by atoms with Crippen LogP contribution in [-0.4, -0.2) is 21.0 Å². The zero-order chi connectivity index (χ0) is 15.0. The highest BCUT2D eigenvalue weighted by Crippen LogP contribution is 2.33. The van der Waals surface area contributed by atoms with Gasteiger partial charge in [-0.05, 0) is 30.1 Å². The molecule has 1 heterocycles. The second-order valence-electron chi connectivity index (χ2n) is 4.30. The smallest absolute Gasteiger partial charge is 0.268 e. The fraction of sp³-hybridized carbons (Fsp3) is 0. The maximum absolute atomic E-state index is 12.2. The molecule has 6 nitrogen and oxygen atoms in total. The molecule has 0 spiro atoms. The van der Waals surface area contributed by atoms with Gasteiger partial charge in [0, 0.05) is 17.0 Å². The molecule has 1 aliphatic rings. The molecular formula is C14H8N2O4S. The third-order valence-electron chi connectivity index (χ3n) is 2.98. The van der Waals surface area contributed by atoms with E-state index in [-0.39, 0.29) is 5.69 Å². The van der Waals surface area contributed by atoms with Gasteiger partial charge < -0.3 is 0 Å². The van der Waals surface area contributed by atoms with Gasteiger partial charge in [0.25, 0.3) is 17.5 Å². The van der Waals surface area contributed by atoms with Crippen LogP contribution in [0.2, 0.25) is 0 Å². The maximum Gasteiger partial charge on any atom is 0.272 e. The lowest BCUT2D eigenvalue weighted by Crippen LogP contribution is -2.21. The Labute approximate surface area is 123 Å². The van der Waals surface area contributed by atoms with Crippen molar-refractivity contribution in [3.63, 3.8) is 0 Å². The highest BCUT2D eigenvalue weighted by atomic mass is 32.2. The SMILES string of the molecule is O=C1c2ccccc2C(=O)N1Sc1cccc([N+](=O)[O-])c1. The summed E-state index contributed by atoms with van der Waals surface area (Å²) < 4.78 is 1.02. The van der Waals surface area contributed by atoms with Gasteiger partial charge in [0.15, 0.2) is 0 Å². The summed E-state index contributed by atoms with van der Waals surface area (Å²) in [5.41, 5.74) is 0.609. The highest BCUT2D eigenvalue weighted by Gasteiger charge is 2.36. The molecule has 104 valence electrons. The van der Waals surface area contributed by atoms with Gasteiger partial charge in [-0.2, -0.15) is 0 Å². The first-order chi connectivity index (χ1) is 10.1. The minimum atomic E-state index is -0.521. The number of rotatable bonds is 3. The average Bonchev–Trinajstić information content (AvgIpc) is 2.73. The van der Waals surface area contributed by atoms with Crippen LogP contribution in [-0.2, 0) is 0 Å². The summed E-state index contributed by atoms with van der Waals surface area (Å²) in [4.78, 5) is 35.0. The number of nitro benzene ring substituents is 1. The van der Waals surface area contributed by atoms with Crippen LogP contribution < -0.4 is 0 Å². The van der Waals surface area contributed by atoms with Crippen molar-refractivity contribution in [3.05, 3.63) is 69.8 Å². The van der Waals surface area contributed by atoms with Crippen LogP contribution in [0.4, 0.5) is 5.69 Å². The minimum Gasteiger partial charge on any atom is -0.268 e. The van der Waals surface area contributed by atoms with Crippen molar-refractivity contribution in [1.29, 1.82) is 0 Å². The Hall–Kier alpha value is -2.67. The van der Waals surface area contributed by atoms with Crippen LogP contribution in [0.5, 0.6) is 0 Å². The van der Waals surface area contributed by atoms with Gasteiger partial charge in [0.05, 0.1) is 16.1 Å². The van der Waals surface area contributed by atoms with Crippen molar-refractivity contribution in [2.24, 2.45) is 0 Å². The standard InChI is InChI=1S/C14H8N2O4S/c17-13-11-6-1-2-7-12(11)14(18)15(13)21-10-5-3-4-9(8-10)16(19)20/h1-8H. The maximum atomic E-state index is 12.2. The summed E-state index contributed by atoms with van der Waals surface area (Å²) in [6, 6.07) is 12.4. The number of imide groups is 1. The second kappa shape index (κ2) is 5.02. The van der Waals surface area contributed by atoms with Crippen LogP contribution in [0.25, 0.3) is 0 Å². The van der Waals surface area contributed by atoms with Crippen molar-refractivity contribution < 1.29 is 14.5 Å². The molecule has 0 aliphatic carbocycles. The zero-order valence-corrected chi connectivity index (χ0v) is 11.4. The molecule has 0 radical (unpaired) electrons. The molecule has 0 saturated carbocycles. The topological polar surface area (TPSA) is 80.5 Å². The fourth-order valence-corrected chi connectivity index (χ4v) is 2.90. The first kappa shape index (κ1) is 13.3. The average molecular weight is 300 g/mol. The van der Waals surface area contributed by atoms with Crippen molar-refractivity contribution in [3.8, 4) is 0 Å². The molecule has 7 heteroatoms. The zero-order valence-electron chi connectivity index (χ0n) is 10.6. The molecule has 0 bridgehead atoms. The number of nitro groups is 1. The summed E-state index contributed by atoms with van der Waals surface area (Å²) in [5.74, 6) is -0.820. The summed E-state index contributed by atoms with van der Waals surface area (Å²) in [6.45, 7) is 0. The molecule has 0 fully saturated rings. The van der Waals surface area contributed by atoms with E-state index >= 15 is 0 Å². The van der Waals surface area contributed by atoms with Crippen molar-refractivity contribution >= 4 is 29.4 Å². The number of carbonyl (C=O) groups excluding carboxylic acids is 2. The molecule has 1 aliphatic heterocycles. The van der Waals surface area contributed by atoms with E-state index in [0.29, 0.717) is 16.0 Å². The van der Waals surface area contributed by atoms with Crippen LogP contribution in [0.3, 0.4) is 0 Å². The van der Waals surface area contributed by atoms with E-state index in [2.05, 4.69) is 0 Å². The van der Waals surface area contributed by atoms with Gasteiger partial charge in [-0.3, -0.25) is 19.7 Å². The molecule has 2 aromatic carbocycles. The Morgan fingerprint density at radius 2 is 1.57 bits per heavy atom. The van der Waals surface area contributed by atoms with Crippen LogP contribution in [0.15, 0.2) is 53.4 Å². The largest absolute Gasteiger partial charge is 0.272 e. The Balaban J connectivity index is 1.90. The van der Waals surface area contributed by atoms with E-state index in [1.807, 2.05) is 0 Å². The Morgan fingerprint density at radius 3 is 2.14 bits per heavy atom. The number of amides is 2. The fourth-order valence-electron chi connectivity index (χ4n) is 2.01. The van der Waals surface area contributed by atoms with Gasteiger partial charge in [-0.1, -0.05) is 18.2 Å². The van der Waals surface area contributed by atoms with E-state index < -0.39 is 16.7 Å². The lowest BCUT2D eigenvalue weighted by molar-refractivity contribution is -0.385. The normalized spacial score (nSPS) is 13.4. The lowest BCUT2D eigenvalue weighted by Gasteiger charge is -2.11. The molecule has 21 heavy (non-hydrogen) atoms.